The van der Waals surface area contributed by atoms with E-state index < -0.39 is 17.5 Å². The van der Waals surface area contributed by atoms with E-state index in [1.165, 1.54) is 5.56 Å². The van der Waals surface area contributed by atoms with Gasteiger partial charge < -0.3 is 19.3 Å². The van der Waals surface area contributed by atoms with Crippen molar-refractivity contribution in [3.8, 4) is 17.6 Å². The maximum atomic E-state index is 12.3. The van der Waals surface area contributed by atoms with Crippen molar-refractivity contribution in [3.63, 3.8) is 0 Å². The lowest BCUT2D eigenvalue weighted by atomic mass is 9.95. The Morgan fingerprint density at radius 2 is 1.67 bits per heavy atom. The van der Waals surface area contributed by atoms with Gasteiger partial charge in [0.25, 0.3) is 0 Å². The molecule has 1 unspecified atom stereocenters. The van der Waals surface area contributed by atoms with Crippen molar-refractivity contribution >= 4 is 11.9 Å². The summed E-state index contributed by atoms with van der Waals surface area (Å²) in [5.74, 6) is 6.18. The minimum Gasteiger partial charge on any atom is -0.494 e. The van der Waals surface area contributed by atoms with E-state index in [-0.39, 0.29) is 19.6 Å². The zero-order chi connectivity index (χ0) is 25.4. The zero-order valence-corrected chi connectivity index (χ0v) is 20.7. The smallest absolute Gasteiger partial charge is 0.334 e. The Labute approximate surface area is 212 Å². The topological polar surface area (TPSA) is 82.1 Å². The molecule has 6 nitrogen and oxygen atoms in total. The van der Waals surface area contributed by atoms with Crippen LogP contribution in [0.25, 0.3) is 0 Å². The minimum absolute atomic E-state index is 0.142. The Balaban J connectivity index is 1.18. The first kappa shape index (κ1) is 25.5. The van der Waals surface area contributed by atoms with Gasteiger partial charge in [0.05, 0.1) is 13.2 Å². The van der Waals surface area contributed by atoms with Crippen LogP contribution in [-0.2, 0) is 19.1 Å². The van der Waals surface area contributed by atoms with Crippen molar-refractivity contribution in [2.45, 2.75) is 57.5 Å². The summed E-state index contributed by atoms with van der Waals surface area (Å²) in [7, 11) is 0. The van der Waals surface area contributed by atoms with Crippen molar-refractivity contribution < 1.29 is 28.9 Å². The predicted molar refractivity (Wildman–Crippen MR) is 135 cm³/mol. The van der Waals surface area contributed by atoms with Crippen LogP contribution in [0.4, 0.5) is 0 Å². The van der Waals surface area contributed by atoms with Gasteiger partial charge in [-0.05, 0) is 75.4 Å². The summed E-state index contributed by atoms with van der Waals surface area (Å²) < 4.78 is 16.5. The molecule has 2 aliphatic rings. The van der Waals surface area contributed by atoms with Crippen molar-refractivity contribution in [2.24, 2.45) is 0 Å². The summed E-state index contributed by atoms with van der Waals surface area (Å²) in [6, 6.07) is 15.6. The quantitative estimate of drug-likeness (QED) is 0.252. The van der Waals surface area contributed by atoms with Crippen molar-refractivity contribution in [2.75, 3.05) is 19.8 Å². The molecule has 188 valence electrons. The number of aliphatic hydroxyl groups is 1. The highest BCUT2D eigenvalue weighted by molar-refractivity contribution is 5.92. The Morgan fingerprint density at radius 1 is 1.03 bits per heavy atom. The van der Waals surface area contributed by atoms with Crippen LogP contribution in [0.2, 0.25) is 0 Å². The average Bonchev–Trinajstić information content (AvgIpc) is 3.54. The van der Waals surface area contributed by atoms with E-state index in [4.69, 9.17) is 14.2 Å². The molecule has 1 saturated carbocycles. The number of ether oxygens (including phenoxy) is 3. The molecule has 0 amide bonds. The second-order valence-corrected chi connectivity index (χ2v) is 9.45. The zero-order valence-electron chi connectivity index (χ0n) is 20.7. The van der Waals surface area contributed by atoms with Gasteiger partial charge >= 0.3 is 11.9 Å². The number of carbonyl (C=O) groups excluding carboxylic acids is 2. The fraction of sp³-hybridized carbons (Fsp3) is 0.400. The fourth-order valence-corrected chi connectivity index (χ4v) is 4.38. The highest BCUT2D eigenvalue weighted by atomic mass is 16.6. The summed E-state index contributed by atoms with van der Waals surface area (Å²) in [5.41, 5.74) is 3.66. The van der Waals surface area contributed by atoms with Crippen molar-refractivity contribution in [3.05, 3.63) is 76.4 Å². The summed E-state index contributed by atoms with van der Waals surface area (Å²) in [4.78, 5) is 24.5. The number of carbonyl (C=O) groups is 2. The summed E-state index contributed by atoms with van der Waals surface area (Å²) >= 11 is 0. The van der Waals surface area contributed by atoms with Crippen LogP contribution in [0.5, 0.6) is 5.75 Å². The molecule has 2 aromatic rings. The highest BCUT2D eigenvalue weighted by Crippen LogP contribution is 2.38. The number of benzene rings is 2. The Bertz CT molecular complexity index is 1160. The Kier molecular flexibility index (Phi) is 8.45. The molecule has 1 aliphatic carbocycles. The van der Waals surface area contributed by atoms with Gasteiger partial charge in [-0.1, -0.05) is 35.1 Å². The Hall–Kier alpha value is -3.56. The van der Waals surface area contributed by atoms with Crippen molar-refractivity contribution in [1.29, 1.82) is 0 Å². The maximum absolute atomic E-state index is 12.3. The first-order chi connectivity index (χ1) is 17.5. The molecule has 0 aromatic heterocycles. The normalized spacial score (nSPS) is 19.0. The van der Waals surface area contributed by atoms with Crippen LogP contribution < -0.4 is 4.74 Å². The summed E-state index contributed by atoms with van der Waals surface area (Å²) in [6.45, 7) is 1.89. The number of hydrogen-bond donors (Lipinski definition) is 1. The molecule has 0 spiro atoms. The number of allylic oxidation sites excluding steroid dienone is 1. The SMILES string of the molecule is Cc1ccc(C#Cc2ccc(OCCCC(=O)OCC3(CO)CC(=C4CCCC4)C(=O)O3)cc2)cc1. The molecule has 1 heterocycles. The molecule has 2 aromatic carbocycles. The third kappa shape index (κ3) is 6.77. The van der Waals surface area contributed by atoms with Gasteiger partial charge in [-0.3, -0.25) is 4.79 Å². The minimum atomic E-state index is -1.17. The van der Waals surface area contributed by atoms with E-state index in [1.54, 1.807) is 0 Å². The van der Waals surface area contributed by atoms with E-state index in [0.29, 0.717) is 30.8 Å². The molecule has 2 fully saturated rings. The standard InChI is InChI=1S/C30H32O6/c1-22-8-10-23(11-9-22)12-13-24-14-16-26(17-15-24)34-18-4-7-28(32)35-21-30(20-31)19-27(29(33)36-30)25-5-2-3-6-25/h8-11,14-17,31H,2-7,18-21H2,1H3. The first-order valence-corrected chi connectivity index (χ1v) is 12.5. The molecular formula is C30H32O6. The lowest BCUT2D eigenvalue weighted by molar-refractivity contribution is -0.166. The van der Waals surface area contributed by atoms with E-state index in [2.05, 4.69) is 11.8 Å². The third-order valence-electron chi connectivity index (χ3n) is 6.52. The first-order valence-electron chi connectivity index (χ1n) is 12.5. The van der Waals surface area contributed by atoms with Crippen LogP contribution in [0, 0.1) is 18.8 Å². The highest BCUT2D eigenvalue weighted by Gasteiger charge is 2.45. The Morgan fingerprint density at radius 3 is 2.31 bits per heavy atom. The molecule has 1 N–H and O–H groups in total. The average molecular weight is 489 g/mol. The van der Waals surface area contributed by atoms with Gasteiger partial charge in [-0.15, -0.1) is 0 Å². The molecule has 1 aliphatic heterocycles. The number of cyclic esters (lactones) is 1. The van der Waals surface area contributed by atoms with Crippen LogP contribution in [0.15, 0.2) is 59.7 Å². The largest absolute Gasteiger partial charge is 0.494 e. The van der Waals surface area contributed by atoms with E-state index >= 15 is 0 Å². The van der Waals surface area contributed by atoms with Crippen LogP contribution in [-0.4, -0.2) is 42.5 Å². The van der Waals surface area contributed by atoms with E-state index in [0.717, 1.165) is 42.4 Å². The number of esters is 2. The molecular weight excluding hydrogens is 456 g/mol. The third-order valence-corrected chi connectivity index (χ3v) is 6.52. The van der Waals surface area contributed by atoms with E-state index in [9.17, 15) is 14.7 Å². The van der Waals surface area contributed by atoms with Gasteiger partial charge in [0.15, 0.2) is 5.60 Å². The van der Waals surface area contributed by atoms with Crippen LogP contribution >= 0.6 is 0 Å². The summed E-state index contributed by atoms with van der Waals surface area (Å²) in [5, 5.41) is 9.85. The second-order valence-electron chi connectivity index (χ2n) is 9.45. The number of hydrogen-bond acceptors (Lipinski definition) is 6. The molecule has 1 saturated heterocycles. The van der Waals surface area contributed by atoms with Crippen molar-refractivity contribution in [1.82, 2.24) is 0 Å². The lowest BCUT2D eigenvalue weighted by Crippen LogP contribution is -2.39. The fourth-order valence-electron chi connectivity index (χ4n) is 4.38. The van der Waals surface area contributed by atoms with Crippen LogP contribution in [0.1, 0.15) is 61.6 Å². The van der Waals surface area contributed by atoms with Gasteiger partial charge in [0, 0.05) is 29.5 Å². The van der Waals surface area contributed by atoms with Gasteiger partial charge in [-0.2, -0.15) is 0 Å². The van der Waals surface area contributed by atoms with E-state index in [1.807, 2.05) is 55.5 Å². The molecule has 0 radical (unpaired) electrons. The summed E-state index contributed by atoms with van der Waals surface area (Å²) in [6.07, 6.45) is 4.88. The second kappa shape index (κ2) is 11.9. The number of aryl methyl sites for hydroxylation is 1. The predicted octanol–water partition coefficient (Wildman–Crippen LogP) is 4.65. The molecule has 1 atom stereocenters. The number of aliphatic hydroxyl groups excluding tert-OH is 1. The molecule has 36 heavy (non-hydrogen) atoms. The maximum Gasteiger partial charge on any atom is 0.334 e. The molecule has 4 rings (SSSR count). The molecule has 0 bridgehead atoms. The number of rotatable bonds is 8. The van der Waals surface area contributed by atoms with Gasteiger partial charge in [-0.25, -0.2) is 4.79 Å². The molecule has 6 heteroatoms. The lowest BCUT2D eigenvalue weighted by Gasteiger charge is -2.24. The van der Waals surface area contributed by atoms with Crippen LogP contribution in [0.3, 0.4) is 0 Å². The van der Waals surface area contributed by atoms with Gasteiger partial charge in [0.2, 0.25) is 0 Å². The monoisotopic (exact) mass is 488 g/mol. The van der Waals surface area contributed by atoms with Gasteiger partial charge in [0.1, 0.15) is 12.4 Å².